The number of hydrogen-bond donors (Lipinski definition) is 2. The van der Waals surface area contributed by atoms with E-state index in [1.54, 1.807) is 0 Å². The summed E-state index contributed by atoms with van der Waals surface area (Å²) in [5.41, 5.74) is 0. The van der Waals surface area contributed by atoms with Crippen molar-refractivity contribution in [2.45, 2.75) is 64.1 Å². The first kappa shape index (κ1) is 20.8. The minimum Gasteiger partial charge on any atom is -0.478 e. The van der Waals surface area contributed by atoms with Crippen molar-refractivity contribution in [2.24, 2.45) is 0 Å². The summed E-state index contributed by atoms with van der Waals surface area (Å²) in [5.74, 6) is -3.12. The van der Waals surface area contributed by atoms with Gasteiger partial charge in [0.05, 0.1) is 0 Å². The molecule has 0 saturated carbocycles. The number of carboxylic acid groups (broad SMARTS) is 1. The molecule has 140 valence electrons. The van der Waals surface area contributed by atoms with Crippen LogP contribution in [-0.4, -0.2) is 64.4 Å². The molecule has 25 heavy (non-hydrogen) atoms. The van der Waals surface area contributed by atoms with Crippen LogP contribution in [0.3, 0.4) is 0 Å². The number of Topliss-reactive ketones (excluding diaryl/α,β-unsaturated/α-hetero) is 1. The highest BCUT2D eigenvalue weighted by atomic mass is 16.6. The van der Waals surface area contributed by atoms with Crippen LogP contribution in [0.15, 0.2) is 12.2 Å². The van der Waals surface area contributed by atoms with Gasteiger partial charge in [0.25, 0.3) is 0 Å². The number of carbonyl (C=O) groups is 4. The lowest BCUT2D eigenvalue weighted by Crippen LogP contribution is -2.37. The Morgan fingerprint density at radius 3 is 2.24 bits per heavy atom. The summed E-state index contributed by atoms with van der Waals surface area (Å²) >= 11 is 0. The molecule has 1 aliphatic heterocycles. The average molecular weight is 358 g/mol. The standard InChI is InChI=1S/C16H22O9/c1-4-5-10(23-8(2)17)13(21)15-16(25-15)14(22)11(24-9(3)18)6-7-12(19)20/h6-7,10-11,14-16,22H,4-5H2,1-3H3,(H,19,20). The highest BCUT2D eigenvalue weighted by Crippen LogP contribution is 2.31. The van der Waals surface area contributed by atoms with E-state index in [1.807, 2.05) is 6.92 Å². The first-order valence-electron chi connectivity index (χ1n) is 7.80. The molecule has 0 bridgehead atoms. The summed E-state index contributed by atoms with van der Waals surface area (Å²) in [5, 5.41) is 18.9. The van der Waals surface area contributed by atoms with Crippen molar-refractivity contribution in [1.29, 1.82) is 0 Å². The van der Waals surface area contributed by atoms with Gasteiger partial charge < -0.3 is 24.4 Å². The lowest BCUT2D eigenvalue weighted by atomic mass is 10.0. The number of ketones is 1. The largest absolute Gasteiger partial charge is 0.478 e. The Morgan fingerprint density at radius 2 is 1.76 bits per heavy atom. The maximum Gasteiger partial charge on any atom is 0.328 e. The maximum atomic E-state index is 12.3. The SMILES string of the molecule is CCCC(OC(C)=O)C(=O)C1OC1C(O)C(C=CC(=O)O)OC(C)=O. The number of esters is 2. The lowest BCUT2D eigenvalue weighted by molar-refractivity contribution is -0.154. The predicted octanol–water partition coefficient (Wildman–Crippen LogP) is -0.0119. The molecule has 5 unspecified atom stereocenters. The smallest absolute Gasteiger partial charge is 0.328 e. The highest BCUT2D eigenvalue weighted by Gasteiger charge is 2.54. The molecule has 0 amide bonds. The molecule has 0 aliphatic carbocycles. The summed E-state index contributed by atoms with van der Waals surface area (Å²) in [6.07, 6.45) is -3.07. The zero-order valence-electron chi connectivity index (χ0n) is 14.2. The first-order chi connectivity index (χ1) is 11.7. The third kappa shape index (κ3) is 6.63. The van der Waals surface area contributed by atoms with Crippen molar-refractivity contribution < 1.29 is 43.6 Å². The molecular weight excluding hydrogens is 336 g/mol. The van der Waals surface area contributed by atoms with Crippen molar-refractivity contribution in [3.63, 3.8) is 0 Å². The molecule has 9 heteroatoms. The van der Waals surface area contributed by atoms with E-state index in [9.17, 15) is 24.3 Å². The van der Waals surface area contributed by atoms with Crippen LogP contribution in [0.2, 0.25) is 0 Å². The van der Waals surface area contributed by atoms with Crippen molar-refractivity contribution >= 4 is 23.7 Å². The van der Waals surface area contributed by atoms with Crippen LogP contribution in [0.1, 0.15) is 33.6 Å². The van der Waals surface area contributed by atoms with Gasteiger partial charge in [0, 0.05) is 19.9 Å². The third-order valence-electron chi connectivity index (χ3n) is 3.39. The number of carboxylic acids is 1. The van der Waals surface area contributed by atoms with Crippen molar-refractivity contribution in [3.8, 4) is 0 Å². The molecule has 1 saturated heterocycles. The van der Waals surface area contributed by atoms with Gasteiger partial charge in [0.1, 0.15) is 24.4 Å². The molecule has 5 atom stereocenters. The molecule has 0 aromatic heterocycles. The van der Waals surface area contributed by atoms with E-state index < -0.39 is 54.2 Å². The van der Waals surface area contributed by atoms with Gasteiger partial charge in [-0.05, 0) is 12.5 Å². The van der Waals surface area contributed by atoms with Crippen LogP contribution < -0.4 is 0 Å². The summed E-state index contributed by atoms with van der Waals surface area (Å²) in [4.78, 5) is 45.1. The summed E-state index contributed by atoms with van der Waals surface area (Å²) in [6, 6.07) is 0. The molecule has 1 aliphatic rings. The van der Waals surface area contributed by atoms with E-state index in [1.165, 1.54) is 6.92 Å². The second-order valence-electron chi connectivity index (χ2n) is 5.57. The Balaban J connectivity index is 2.77. The van der Waals surface area contributed by atoms with Crippen LogP contribution in [-0.2, 0) is 33.4 Å². The van der Waals surface area contributed by atoms with Crippen LogP contribution in [0.5, 0.6) is 0 Å². The molecule has 0 radical (unpaired) electrons. The second-order valence-corrected chi connectivity index (χ2v) is 5.57. The van der Waals surface area contributed by atoms with Crippen molar-refractivity contribution in [3.05, 3.63) is 12.2 Å². The van der Waals surface area contributed by atoms with E-state index in [0.29, 0.717) is 12.8 Å². The number of aliphatic hydroxyl groups excluding tert-OH is 1. The summed E-state index contributed by atoms with van der Waals surface area (Å²) < 4.78 is 15.0. The Kier molecular flexibility index (Phi) is 7.72. The fourth-order valence-corrected chi connectivity index (χ4v) is 2.30. The van der Waals surface area contributed by atoms with Crippen molar-refractivity contribution in [2.75, 3.05) is 0 Å². The summed E-state index contributed by atoms with van der Waals surface area (Å²) in [6.45, 7) is 4.10. The van der Waals surface area contributed by atoms with Gasteiger partial charge in [-0.25, -0.2) is 4.79 Å². The second kappa shape index (κ2) is 9.28. The van der Waals surface area contributed by atoms with Gasteiger partial charge in [0.15, 0.2) is 6.10 Å². The van der Waals surface area contributed by atoms with Gasteiger partial charge in [-0.2, -0.15) is 0 Å². The minimum atomic E-state index is -1.44. The molecule has 0 aromatic carbocycles. The number of epoxide rings is 1. The van der Waals surface area contributed by atoms with E-state index in [-0.39, 0.29) is 0 Å². The number of rotatable bonds is 10. The number of hydrogen-bond acceptors (Lipinski definition) is 8. The number of aliphatic carboxylic acids is 1. The van der Waals surface area contributed by atoms with E-state index >= 15 is 0 Å². The van der Waals surface area contributed by atoms with Crippen LogP contribution in [0.25, 0.3) is 0 Å². The molecule has 1 rings (SSSR count). The Hall–Kier alpha value is -2.26. The Morgan fingerprint density at radius 1 is 1.16 bits per heavy atom. The molecular formula is C16H22O9. The van der Waals surface area contributed by atoms with Gasteiger partial charge in [-0.1, -0.05) is 13.3 Å². The lowest BCUT2D eigenvalue weighted by Gasteiger charge is -2.18. The maximum absolute atomic E-state index is 12.3. The molecule has 9 nitrogen and oxygen atoms in total. The van der Waals surface area contributed by atoms with Crippen molar-refractivity contribution in [1.82, 2.24) is 0 Å². The fraction of sp³-hybridized carbons (Fsp3) is 0.625. The van der Waals surface area contributed by atoms with E-state index in [2.05, 4.69) is 0 Å². The minimum absolute atomic E-state index is 0.313. The Labute approximate surface area is 144 Å². The quantitative estimate of drug-likeness (QED) is 0.313. The van der Waals surface area contributed by atoms with E-state index in [4.69, 9.17) is 19.3 Å². The van der Waals surface area contributed by atoms with Gasteiger partial charge in [-0.15, -0.1) is 0 Å². The molecule has 1 fully saturated rings. The number of ether oxygens (including phenoxy) is 3. The van der Waals surface area contributed by atoms with E-state index in [0.717, 1.165) is 19.1 Å². The monoisotopic (exact) mass is 358 g/mol. The number of aliphatic hydroxyl groups is 1. The predicted molar refractivity (Wildman–Crippen MR) is 82.5 cm³/mol. The van der Waals surface area contributed by atoms with Gasteiger partial charge in [-0.3, -0.25) is 14.4 Å². The molecule has 0 aromatic rings. The van der Waals surface area contributed by atoms with Gasteiger partial charge in [0.2, 0.25) is 5.78 Å². The molecule has 0 spiro atoms. The Bertz CT molecular complexity index is 554. The van der Waals surface area contributed by atoms with Crippen LogP contribution in [0, 0.1) is 0 Å². The van der Waals surface area contributed by atoms with Crippen LogP contribution >= 0.6 is 0 Å². The van der Waals surface area contributed by atoms with Gasteiger partial charge >= 0.3 is 17.9 Å². The molecule has 2 N–H and O–H groups in total. The summed E-state index contributed by atoms with van der Waals surface area (Å²) in [7, 11) is 0. The highest BCUT2D eigenvalue weighted by molar-refractivity contribution is 5.91. The van der Waals surface area contributed by atoms with Crippen LogP contribution in [0.4, 0.5) is 0 Å². The first-order valence-corrected chi connectivity index (χ1v) is 7.80. The normalized spacial score (nSPS) is 22.7. The average Bonchev–Trinajstić information content (AvgIpc) is 3.29. The number of carbonyl (C=O) groups excluding carboxylic acids is 3. The molecule has 1 heterocycles. The zero-order chi connectivity index (χ0) is 19.1. The zero-order valence-corrected chi connectivity index (χ0v) is 14.2. The fourth-order valence-electron chi connectivity index (χ4n) is 2.30. The third-order valence-corrected chi connectivity index (χ3v) is 3.39. The topological polar surface area (TPSA) is 140 Å².